The Bertz CT molecular complexity index is 2440. The van der Waals surface area contributed by atoms with Crippen molar-refractivity contribution in [2.45, 2.75) is 140 Å². The Kier molecular flexibility index (Phi) is 13.4. The zero-order chi connectivity index (χ0) is 46.9. The summed E-state index contributed by atoms with van der Waals surface area (Å²) in [7, 11) is 2.61. The molecule has 9 rings (SSSR count). The second-order valence-corrected chi connectivity index (χ2v) is 19.7. The van der Waals surface area contributed by atoms with E-state index in [0.717, 1.165) is 77.9 Å². The quantitative estimate of drug-likeness (QED) is 0.0939. The van der Waals surface area contributed by atoms with Crippen molar-refractivity contribution in [3.05, 3.63) is 83.2 Å². The number of carbonyl (C=O) groups excluding carboxylic acids is 4. The Morgan fingerprint density at radius 2 is 1.10 bits per heavy atom. The molecule has 3 aromatic heterocycles. The first-order chi connectivity index (χ1) is 32.4. The molecular formula is C51H66N10O6. The molecule has 4 N–H and O–H groups in total. The van der Waals surface area contributed by atoms with Gasteiger partial charge in [0.2, 0.25) is 11.8 Å². The van der Waals surface area contributed by atoms with Gasteiger partial charge in [-0.1, -0.05) is 59.1 Å². The number of pyridine rings is 1. The van der Waals surface area contributed by atoms with E-state index in [1.165, 1.54) is 63.1 Å². The number of amides is 4. The molecule has 356 valence electrons. The van der Waals surface area contributed by atoms with E-state index in [-0.39, 0.29) is 47.8 Å². The largest absolute Gasteiger partial charge is 0.453 e. The molecule has 1 saturated carbocycles. The number of hydrogen-bond donors (Lipinski definition) is 4. The molecule has 6 heterocycles. The Balaban J connectivity index is 1.01. The molecule has 67 heavy (non-hydrogen) atoms. The summed E-state index contributed by atoms with van der Waals surface area (Å²) in [5.74, 6) is 1.48. The highest BCUT2D eigenvalue weighted by molar-refractivity contribution is 5.87. The molecule has 0 radical (unpaired) electrons. The summed E-state index contributed by atoms with van der Waals surface area (Å²) in [4.78, 5) is 80.9. The minimum absolute atomic E-state index is 0.0443. The number of hydrogen-bond acceptors (Lipinski definition) is 10. The van der Waals surface area contributed by atoms with Gasteiger partial charge in [-0.25, -0.2) is 19.6 Å². The fourth-order valence-corrected chi connectivity index (χ4v) is 11.2. The maximum absolute atomic E-state index is 13.9. The van der Waals surface area contributed by atoms with Gasteiger partial charge in [0, 0.05) is 24.7 Å². The highest BCUT2D eigenvalue weighted by Crippen LogP contribution is 2.48. The molecule has 16 heteroatoms. The normalized spacial score (nSPS) is 22.2. The number of aromatic amines is 2. The predicted molar refractivity (Wildman–Crippen MR) is 255 cm³/mol. The number of fused-ring (bicyclic) bond motifs is 2. The van der Waals surface area contributed by atoms with Gasteiger partial charge in [0.05, 0.1) is 72.3 Å². The van der Waals surface area contributed by atoms with E-state index in [0.29, 0.717) is 19.0 Å². The average molecular weight is 915 g/mol. The maximum atomic E-state index is 13.9. The van der Waals surface area contributed by atoms with Gasteiger partial charge in [-0.3, -0.25) is 14.6 Å². The lowest BCUT2D eigenvalue weighted by Crippen LogP contribution is -2.51. The SMILES string of the molecule is COC(=O)N[C@H](C(=O)N1CCC[C@H]1c1nc2ccc(C3CC[C@H](c4ccc5nc([C@@H]6CCCN6C(=O)[C@@H](NC(=O)OC)C(C)C)[nH]c5c4)N3c3ccc(C4CCCCC4)nc3)cc2[nH]1)C(C)C. The van der Waals surface area contributed by atoms with Gasteiger partial charge in [0.1, 0.15) is 23.7 Å². The molecule has 0 bridgehead atoms. The molecule has 3 saturated heterocycles. The van der Waals surface area contributed by atoms with Crippen molar-refractivity contribution >= 4 is 51.8 Å². The van der Waals surface area contributed by atoms with E-state index >= 15 is 0 Å². The summed E-state index contributed by atoms with van der Waals surface area (Å²) in [6.07, 6.45) is 12.1. The van der Waals surface area contributed by atoms with Crippen LogP contribution in [0.15, 0.2) is 54.7 Å². The number of imidazole rings is 2. The van der Waals surface area contributed by atoms with Crippen molar-refractivity contribution in [2.24, 2.45) is 11.8 Å². The van der Waals surface area contributed by atoms with Crippen LogP contribution in [0, 0.1) is 11.8 Å². The summed E-state index contributed by atoms with van der Waals surface area (Å²) < 4.78 is 9.68. The number of rotatable bonds is 12. The van der Waals surface area contributed by atoms with Crippen molar-refractivity contribution in [2.75, 3.05) is 32.2 Å². The van der Waals surface area contributed by atoms with Crippen LogP contribution in [-0.4, -0.2) is 98.1 Å². The zero-order valence-corrected chi connectivity index (χ0v) is 39.7. The van der Waals surface area contributed by atoms with Gasteiger partial charge < -0.3 is 44.8 Å². The Morgan fingerprint density at radius 1 is 0.612 bits per heavy atom. The number of nitrogens with zero attached hydrogens (tertiary/aromatic N) is 6. The van der Waals surface area contributed by atoms with E-state index in [1.807, 2.05) is 37.5 Å². The third-order valence-electron chi connectivity index (χ3n) is 14.8. The number of methoxy groups -OCH3 is 2. The molecule has 0 spiro atoms. The second kappa shape index (κ2) is 19.6. The summed E-state index contributed by atoms with van der Waals surface area (Å²) >= 11 is 0. The van der Waals surface area contributed by atoms with E-state index in [2.05, 4.69) is 80.2 Å². The van der Waals surface area contributed by atoms with Crippen LogP contribution >= 0.6 is 0 Å². The van der Waals surface area contributed by atoms with Gasteiger partial charge in [0.25, 0.3) is 0 Å². The molecule has 2 aromatic carbocycles. The Morgan fingerprint density at radius 3 is 1.54 bits per heavy atom. The highest BCUT2D eigenvalue weighted by atomic mass is 16.5. The molecule has 1 aliphatic carbocycles. The fourth-order valence-electron chi connectivity index (χ4n) is 11.2. The summed E-state index contributed by atoms with van der Waals surface area (Å²) in [5.41, 5.74) is 8.10. The monoisotopic (exact) mass is 915 g/mol. The van der Waals surface area contributed by atoms with Crippen LogP contribution < -0.4 is 15.5 Å². The minimum atomic E-state index is -0.707. The number of anilines is 1. The van der Waals surface area contributed by atoms with Crippen molar-refractivity contribution in [3.8, 4) is 0 Å². The first-order valence-corrected chi connectivity index (χ1v) is 24.5. The molecule has 4 amide bonds. The van der Waals surface area contributed by atoms with Crippen LogP contribution in [0.25, 0.3) is 22.1 Å². The first kappa shape index (κ1) is 45.9. The number of ether oxygens (including phenoxy) is 2. The average Bonchev–Trinajstić information content (AvgIpc) is 4.20. The van der Waals surface area contributed by atoms with Crippen LogP contribution in [0.4, 0.5) is 15.3 Å². The number of nitrogens with one attached hydrogen (secondary N) is 4. The van der Waals surface area contributed by atoms with Crippen molar-refractivity contribution in [1.29, 1.82) is 0 Å². The van der Waals surface area contributed by atoms with Gasteiger partial charge in [-0.15, -0.1) is 0 Å². The number of likely N-dealkylation sites (tertiary alicyclic amines) is 2. The topological polar surface area (TPSA) is 191 Å². The summed E-state index contributed by atoms with van der Waals surface area (Å²) in [6.45, 7) is 8.85. The molecular weight excluding hydrogens is 849 g/mol. The van der Waals surface area contributed by atoms with Crippen molar-refractivity contribution < 1.29 is 28.7 Å². The lowest BCUT2D eigenvalue weighted by molar-refractivity contribution is -0.136. The summed E-state index contributed by atoms with van der Waals surface area (Å²) in [6, 6.07) is 15.7. The predicted octanol–water partition coefficient (Wildman–Crippen LogP) is 9.05. The number of alkyl carbamates (subject to hydrolysis) is 2. The zero-order valence-electron chi connectivity index (χ0n) is 39.7. The van der Waals surface area contributed by atoms with Crippen LogP contribution in [0.5, 0.6) is 0 Å². The highest BCUT2D eigenvalue weighted by Gasteiger charge is 2.41. The lowest BCUT2D eigenvalue weighted by atomic mass is 9.87. The third-order valence-corrected chi connectivity index (χ3v) is 14.8. The van der Waals surface area contributed by atoms with Gasteiger partial charge in [-0.05, 0) is 111 Å². The molecule has 1 unspecified atom stereocenters. The van der Waals surface area contributed by atoms with Crippen LogP contribution in [0.1, 0.15) is 157 Å². The van der Waals surface area contributed by atoms with Gasteiger partial charge >= 0.3 is 12.2 Å². The van der Waals surface area contributed by atoms with Crippen molar-refractivity contribution in [1.82, 2.24) is 45.4 Å². The van der Waals surface area contributed by atoms with E-state index < -0.39 is 24.3 Å². The molecule has 3 aliphatic heterocycles. The maximum Gasteiger partial charge on any atom is 0.407 e. The Labute approximate surface area is 392 Å². The molecule has 5 aromatic rings. The smallest absolute Gasteiger partial charge is 0.407 e. The van der Waals surface area contributed by atoms with Crippen LogP contribution in [-0.2, 0) is 19.1 Å². The number of H-pyrrole nitrogens is 2. The molecule has 4 fully saturated rings. The van der Waals surface area contributed by atoms with Crippen LogP contribution in [0.2, 0.25) is 0 Å². The van der Waals surface area contributed by atoms with E-state index in [1.54, 1.807) is 0 Å². The van der Waals surface area contributed by atoms with Gasteiger partial charge in [0.15, 0.2) is 0 Å². The number of carbonyl (C=O) groups is 4. The fraction of sp³-hybridized carbons (Fsp3) is 0.549. The van der Waals surface area contributed by atoms with E-state index in [4.69, 9.17) is 24.4 Å². The lowest BCUT2D eigenvalue weighted by Gasteiger charge is -2.33. The standard InChI is InChI=1S/C51H66N10O6/c1-29(2)44(57-50(64)66-5)48(62)59-24-10-14-42(59)46-53-36-19-16-32(26-38(36)55-46)40-22-23-41(61(40)34-18-21-35(52-28-34)31-12-8-7-9-13-31)33-17-20-37-39(27-33)56-47(54-37)43-15-11-25-60(43)49(63)45(30(3)4)58-51(65)67-6/h16-21,26-31,40-45H,7-15,22-25H2,1-6H3,(H,53,55)(H,54,56)(H,57,64)(H,58,65)/t40-,41?,42+,43+,44+,45+/m1/s1. The van der Waals surface area contributed by atoms with Crippen molar-refractivity contribution in [3.63, 3.8) is 0 Å². The van der Waals surface area contributed by atoms with E-state index in [9.17, 15) is 19.2 Å². The molecule has 6 atom stereocenters. The van der Waals surface area contributed by atoms with Gasteiger partial charge in [-0.2, -0.15) is 0 Å². The molecule has 4 aliphatic rings. The second-order valence-electron chi connectivity index (χ2n) is 19.7. The van der Waals surface area contributed by atoms with Crippen LogP contribution in [0.3, 0.4) is 0 Å². The third kappa shape index (κ3) is 9.27. The first-order valence-electron chi connectivity index (χ1n) is 24.5. The Hall–Kier alpha value is -6.19. The molecule has 16 nitrogen and oxygen atoms in total. The summed E-state index contributed by atoms with van der Waals surface area (Å²) in [5, 5.41) is 5.50. The number of aromatic nitrogens is 5. The minimum Gasteiger partial charge on any atom is -0.453 e. The number of benzene rings is 2.